The Kier molecular flexibility index (Phi) is 6.77. The molecular weight excluding hydrogens is 280 g/mol. The fraction of sp³-hybridized carbons (Fsp3) is 0.538. The van der Waals surface area contributed by atoms with Crippen molar-refractivity contribution in [1.29, 1.82) is 0 Å². The van der Waals surface area contributed by atoms with Crippen LogP contribution in [0, 0.1) is 0 Å². The second-order valence-electron chi connectivity index (χ2n) is 4.50. The Morgan fingerprint density at radius 3 is 2.75 bits per heavy atom. The minimum Gasteiger partial charge on any atom is -0.490 e. The van der Waals surface area contributed by atoms with Crippen molar-refractivity contribution in [3.8, 4) is 5.75 Å². The summed E-state index contributed by atoms with van der Waals surface area (Å²) in [5.74, 6) is 0.286. The molecule has 0 aliphatic heterocycles. The zero-order chi connectivity index (χ0) is 15.0. The van der Waals surface area contributed by atoms with Gasteiger partial charge in [-0.2, -0.15) is 0 Å². The molecule has 0 radical (unpaired) electrons. The molecule has 6 nitrogen and oxygen atoms in total. The van der Waals surface area contributed by atoms with E-state index in [4.69, 9.17) is 10.5 Å². The predicted octanol–water partition coefficient (Wildman–Crippen LogP) is 0.728. The molecule has 0 aromatic heterocycles. The average Bonchev–Trinajstić information content (AvgIpc) is 2.39. The van der Waals surface area contributed by atoms with Crippen LogP contribution < -0.4 is 15.2 Å². The first-order valence-corrected chi connectivity index (χ1v) is 8.22. The number of aliphatic hydroxyl groups excluding tert-OH is 1. The molecule has 1 aromatic carbocycles. The highest BCUT2D eigenvalue weighted by Crippen LogP contribution is 2.19. The summed E-state index contributed by atoms with van der Waals surface area (Å²) in [7, 11) is -3.45. The van der Waals surface area contributed by atoms with Crippen LogP contribution in [-0.2, 0) is 10.0 Å². The zero-order valence-electron chi connectivity index (χ0n) is 11.6. The van der Waals surface area contributed by atoms with Crippen molar-refractivity contribution in [3.63, 3.8) is 0 Å². The lowest BCUT2D eigenvalue weighted by Crippen LogP contribution is -2.35. The van der Waals surface area contributed by atoms with Crippen LogP contribution in [0.25, 0.3) is 0 Å². The van der Waals surface area contributed by atoms with Crippen molar-refractivity contribution in [3.05, 3.63) is 24.3 Å². The average molecular weight is 302 g/mol. The van der Waals surface area contributed by atoms with Crippen molar-refractivity contribution >= 4 is 15.7 Å². The highest BCUT2D eigenvalue weighted by atomic mass is 32.2. The molecule has 0 aliphatic rings. The molecule has 0 aliphatic carbocycles. The van der Waals surface area contributed by atoms with Gasteiger partial charge in [0.15, 0.2) is 0 Å². The van der Waals surface area contributed by atoms with Gasteiger partial charge in [0.25, 0.3) is 0 Å². The molecule has 0 heterocycles. The Morgan fingerprint density at radius 1 is 1.40 bits per heavy atom. The molecule has 7 heteroatoms. The van der Waals surface area contributed by atoms with Gasteiger partial charge in [0, 0.05) is 6.54 Å². The van der Waals surface area contributed by atoms with Gasteiger partial charge in [-0.1, -0.05) is 25.5 Å². The van der Waals surface area contributed by atoms with Gasteiger partial charge in [0.05, 0.1) is 17.5 Å². The van der Waals surface area contributed by atoms with Crippen LogP contribution >= 0.6 is 0 Å². The first-order valence-electron chi connectivity index (χ1n) is 6.57. The van der Waals surface area contributed by atoms with E-state index in [1.807, 2.05) is 6.92 Å². The molecule has 0 bridgehead atoms. The quantitative estimate of drug-likeness (QED) is 0.584. The molecule has 114 valence electrons. The fourth-order valence-corrected chi connectivity index (χ4v) is 2.50. The van der Waals surface area contributed by atoms with E-state index in [1.165, 1.54) is 0 Å². The summed E-state index contributed by atoms with van der Waals surface area (Å²) in [6, 6.07) is 6.90. The third kappa shape index (κ3) is 6.23. The molecule has 1 rings (SSSR count). The van der Waals surface area contributed by atoms with Crippen molar-refractivity contribution in [1.82, 2.24) is 4.72 Å². The van der Waals surface area contributed by atoms with E-state index in [-0.39, 0.29) is 18.9 Å². The zero-order valence-corrected chi connectivity index (χ0v) is 12.4. The van der Waals surface area contributed by atoms with Gasteiger partial charge in [-0.3, -0.25) is 0 Å². The monoisotopic (exact) mass is 302 g/mol. The van der Waals surface area contributed by atoms with Gasteiger partial charge >= 0.3 is 0 Å². The van der Waals surface area contributed by atoms with Crippen LogP contribution in [0.3, 0.4) is 0 Å². The molecule has 20 heavy (non-hydrogen) atoms. The summed E-state index contributed by atoms with van der Waals surface area (Å²) < 4.78 is 31.0. The van der Waals surface area contributed by atoms with E-state index in [2.05, 4.69) is 4.72 Å². The van der Waals surface area contributed by atoms with Gasteiger partial charge in [-0.05, 0) is 18.6 Å². The number of anilines is 1. The minimum atomic E-state index is -3.45. The first kappa shape index (κ1) is 16.7. The molecule has 1 aromatic rings. The summed E-state index contributed by atoms with van der Waals surface area (Å²) in [4.78, 5) is 0. The normalized spacial score (nSPS) is 13.1. The van der Waals surface area contributed by atoms with Gasteiger partial charge in [-0.15, -0.1) is 0 Å². The first-order chi connectivity index (χ1) is 9.44. The van der Waals surface area contributed by atoms with Crippen molar-refractivity contribution in [2.45, 2.75) is 25.9 Å². The molecule has 0 saturated carbocycles. The number of nitrogen functional groups attached to an aromatic ring is 1. The van der Waals surface area contributed by atoms with Crippen LogP contribution in [0.15, 0.2) is 24.3 Å². The maximum absolute atomic E-state index is 11.7. The number of nitrogens with two attached hydrogens (primary N) is 1. The maximum Gasteiger partial charge on any atom is 0.215 e. The van der Waals surface area contributed by atoms with Gasteiger partial charge in [0.2, 0.25) is 10.0 Å². The summed E-state index contributed by atoms with van der Waals surface area (Å²) >= 11 is 0. The third-order valence-corrected chi connectivity index (χ3v) is 4.00. The Morgan fingerprint density at radius 2 is 2.10 bits per heavy atom. The Labute approximate surface area is 120 Å². The second-order valence-corrected chi connectivity index (χ2v) is 6.42. The van der Waals surface area contributed by atoms with Crippen molar-refractivity contribution in [2.24, 2.45) is 0 Å². The SMILES string of the molecule is CCCC(O)CNS(=O)(=O)CCOc1ccccc1N. The number of sulfonamides is 1. The molecule has 1 unspecified atom stereocenters. The second kappa shape index (κ2) is 8.08. The summed E-state index contributed by atoms with van der Waals surface area (Å²) in [6.07, 6.45) is 0.722. The number of ether oxygens (including phenoxy) is 1. The van der Waals surface area contributed by atoms with Crippen LogP contribution in [-0.4, -0.2) is 38.5 Å². The minimum absolute atomic E-state index is 0.00736. The van der Waals surface area contributed by atoms with E-state index >= 15 is 0 Å². The van der Waals surface area contributed by atoms with Crippen LogP contribution in [0.5, 0.6) is 5.75 Å². The van der Waals surface area contributed by atoms with Crippen LogP contribution in [0.2, 0.25) is 0 Å². The molecule has 0 spiro atoms. The molecule has 0 fully saturated rings. The molecular formula is C13H22N2O4S. The Bertz CT molecular complexity index is 505. The smallest absolute Gasteiger partial charge is 0.215 e. The summed E-state index contributed by atoms with van der Waals surface area (Å²) in [5.41, 5.74) is 6.15. The largest absolute Gasteiger partial charge is 0.490 e. The highest BCUT2D eigenvalue weighted by Gasteiger charge is 2.13. The van der Waals surface area contributed by atoms with Crippen molar-refractivity contribution in [2.75, 3.05) is 24.6 Å². The standard InChI is InChI=1S/C13H22N2O4S/c1-2-5-11(16)10-15-20(17,18)9-8-19-13-7-4-3-6-12(13)14/h3-4,6-7,11,15-16H,2,5,8-10,14H2,1H3. The predicted molar refractivity (Wildman–Crippen MR) is 79.1 cm³/mol. The van der Waals surface area contributed by atoms with Crippen LogP contribution in [0.4, 0.5) is 5.69 Å². The van der Waals surface area contributed by atoms with E-state index < -0.39 is 16.1 Å². The lowest BCUT2D eigenvalue weighted by molar-refractivity contribution is 0.167. The van der Waals surface area contributed by atoms with Gasteiger partial charge in [0.1, 0.15) is 12.4 Å². The number of rotatable bonds is 9. The Hall–Kier alpha value is -1.31. The molecule has 0 saturated heterocycles. The van der Waals surface area contributed by atoms with Crippen LogP contribution in [0.1, 0.15) is 19.8 Å². The lowest BCUT2D eigenvalue weighted by Gasteiger charge is -2.12. The summed E-state index contributed by atoms with van der Waals surface area (Å²) in [5, 5.41) is 9.48. The molecule has 4 N–H and O–H groups in total. The van der Waals surface area contributed by atoms with Crippen molar-refractivity contribution < 1.29 is 18.3 Å². The third-order valence-electron chi connectivity index (χ3n) is 2.69. The summed E-state index contributed by atoms with van der Waals surface area (Å²) in [6.45, 7) is 1.97. The topological polar surface area (TPSA) is 102 Å². The number of hydrogen-bond acceptors (Lipinski definition) is 5. The van der Waals surface area contributed by atoms with Gasteiger partial charge < -0.3 is 15.6 Å². The molecule has 0 amide bonds. The Balaban J connectivity index is 2.35. The van der Waals surface area contributed by atoms with E-state index in [9.17, 15) is 13.5 Å². The maximum atomic E-state index is 11.7. The van der Waals surface area contributed by atoms with E-state index in [0.29, 0.717) is 17.9 Å². The highest BCUT2D eigenvalue weighted by molar-refractivity contribution is 7.89. The van der Waals surface area contributed by atoms with E-state index in [1.54, 1.807) is 24.3 Å². The van der Waals surface area contributed by atoms with Gasteiger partial charge in [-0.25, -0.2) is 13.1 Å². The number of hydrogen-bond donors (Lipinski definition) is 3. The van der Waals surface area contributed by atoms with E-state index in [0.717, 1.165) is 6.42 Å². The number of para-hydroxylation sites is 2. The molecule has 1 atom stereocenters. The number of benzene rings is 1. The lowest BCUT2D eigenvalue weighted by atomic mass is 10.2. The number of aliphatic hydroxyl groups is 1. The fourth-order valence-electron chi connectivity index (χ4n) is 1.60. The number of nitrogens with one attached hydrogen (secondary N) is 1.